The van der Waals surface area contributed by atoms with Crippen molar-refractivity contribution in [3.05, 3.63) is 48.7 Å². The van der Waals surface area contributed by atoms with Crippen LogP contribution in [-0.4, -0.2) is 28.6 Å². The van der Waals surface area contributed by atoms with E-state index in [2.05, 4.69) is 10.3 Å². The number of hydrogen-bond acceptors (Lipinski definition) is 4. The summed E-state index contributed by atoms with van der Waals surface area (Å²) in [6.45, 7) is 1.89. The van der Waals surface area contributed by atoms with E-state index >= 15 is 0 Å². The van der Waals surface area contributed by atoms with Gasteiger partial charge >= 0.3 is 0 Å². The van der Waals surface area contributed by atoms with Gasteiger partial charge in [-0.05, 0) is 31.2 Å². The zero-order valence-corrected chi connectivity index (χ0v) is 13.5. The lowest BCUT2D eigenvalue weighted by Gasteiger charge is -2.27. The predicted molar refractivity (Wildman–Crippen MR) is 91.6 cm³/mol. The number of pyridine rings is 1. The second kappa shape index (κ2) is 6.83. The van der Waals surface area contributed by atoms with Crippen LogP contribution < -0.4 is 10.2 Å². The normalized spacial score (nSPS) is 17.2. The maximum Gasteiger partial charge on any atom is 0.237 e. The largest absolute Gasteiger partial charge is 0.324 e. The monoisotopic (exact) mass is 327 g/mol. The molecule has 3 rings (SSSR count). The lowest BCUT2D eigenvalue weighted by molar-refractivity contribution is -0.117. The molecule has 0 radical (unpaired) electrons. The van der Waals surface area contributed by atoms with Gasteiger partial charge in [0.15, 0.2) is 0 Å². The van der Waals surface area contributed by atoms with Crippen LogP contribution in [0.5, 0.6) is 0 Å². The van der Waals surface area contributed by atoms with E-state index in [9.17, 15) is 9.59 Å². The highest BCUT2D eigenvalue weighted by Gasteiger charge is 2.29. The van der Waals surface area contributed by atoms with Crippen LogP contribution in [0.2, 0.25) is 0 Å². The van der Waals surface area contributed by atoms with Gasteiger partial charge in [0.05, 0.1) is 22.2 Å². The van der Waals surface area contributed by atoms with Gasteiger partial charge in [0.2, 0.25) is 11.8 Å². The number of carbonyl (C=O) groups excluding carboxylic acids is 2. The predicted octanol–water partition coefficient (Wildman–Crippen LogP) is 2.94. The smallest absolute Gasteiger partial charge is 0.237 e. The summed E-state index contributed by atoms with van der Waals surface area (Å²) in [6.07, 6.45) is 1.99. The number of amides is 2. The average molecular weight is 327 g/mol. The Bertz CT molecular complexity index is 721. The molecule has 0 saturated carbocycles. The number of hydrogen-bond donors (Lipinski definition) is 1. The van der Waals surface area contributed by atoms with E-state index in [0.29, 0.717) is 5.69 Å². The van der Waals surface area contributed by atoms with Gasteiger partial charge in [-0.3, -0.25) is 9.59 Å². The molecule has 1 atom stereocenters. The summed E-state index contributed by atoms with van der Waals surface area (Å²) in [7, 11) is 0. The highest BCUT2D eigenvalue weighted by molar-refractivity contribution is 7.99. The molecule has 1 aliphatic heterocycles. The van der Waals surface area contributed by atoms with E-state index < -0.39 is 0 Å². The van der Waals surface area contributed by atoms with E-state index in [-0.39, 0.29) is 30.0 Å². The molecule has 118 valence electrons. The second-order valence-corrected chi connectivity index (χ2v) is 6.33. The van der Waals surface area contributed by atoms with Crippen molar-refractivity contribution in [1.82, 2.24) is 4.98 Å². The first-order chi connectivity index (χ1) is 11.1. The van der Waals surface area contributed by atoms with Gasteiger partial charge in [0, 0.05) is 18.7 Å². The van der Waals surface area contributed by atoms with E-state index in [4.69, 9.17) is 0 Å². The Labute approximate surface area is 139 Å². The second-order valence-electron chi connectivity index (χ2n) is 5.34. The lowest BCUT2D eigenvalue weighted by atomic mass is 10.2. The van der Waals surface area contributed by atoms with E-state index in [0.717, 1.165) is 10.7 Å². The average Bonchev–Trinajstić information content (AvgIpc) is 2.68. The molecule has 5 nitrogen and oxygen atoms in total. The molecule has 1 aliphatic rings. The highest BCUT2D eigenvalue weighted by atomic mass is 32.2. The number of rotatable bonds is 3. The van der Waals surface area contributed by atoms with Crippen molar-refractivity contribution in [1.29, 1.82) is 0 Å². The molecule has 0 unspecified atom stereocenters. The molecule has 0 spiro atoms. The van der Waals surface area contributed by atoms with Crippen LogP contribution >= 0.6 is 11.8 Å². The maximum atomic E-state index is 12.7. The number of fused-ring (bicyclic) bond motifs is 1. The molecule has 0 bridgehead atoms. The third kappa shape index (κ3) is 3.53. The molecule has 1 N–H and O–H groups in total. The first-order valence-electron chi connectivity index (χ1n) is 7.40. The fraction of sp³-hybridized carbons (Fsp3) is 0.235. The van der Waals surface area contributed by atoms with Crippen molar-refractivity contribution >= 4 is 35.0 Å². The third-order valence-corrected chi connectivity index (χ3v) is 4.54. The van der Waals surface area contributed by atoms with E-state index in [1.54, 1.807) is 11.1 Å². The Morgan fingerprint density at radius 1 is 1.30 bits per heavy atom. The zero-order chi connectivity index (χ0) is 16.2. The zero-order valence-electron chi connectivity index (χ0n) is 12.7. The van der Waals surface area contributed by atoms with Crippen LogP contribution in [0.3, 0.4) is 0 Å². The standard InChI is InChI=1S/C17H17N3O2S/c1-12-10-15(21)19-13-6-2-3-7-14(13)20(12)17(22)11-23-16-8-4-5-9-18-16/h2-9,12H,10-11H2,1H3,(H,19,21)/t12-/m1/s1. The first kappa shape index (κ1) is 15.6. The van der Waals surface area contributed by atoms with Gasteiger partial charge < -0.3 is 10.2 Å². The van der Waals surface area contributed by atoms with Gasteiger partial charge in [-0.1, -0.05) is 30.0 Å². The van der Waals surface area contributed by atoms with E-state index in [1.807, 2.05) is 49.4 Å². The molecule has 2 aromatic rings. The van der Waals surface area contributed by atoms with Crippen molar-refractivity contribution in [2.45, 2.75) is 24.4 Å². The number of anilines is 2. The minimum Gasteiger partial charge on any atom is -0.324 e. The minimum absolute atomic E-state index is 0.0305. The lowest BCUT2D eigenvalue weighted by Crippen LogP contribution is -2.40. The van der Waals surface area contributed by atoms with Crippen molar-refractivity contribution < 1.29 is 9.59 Å². The fourth-order valence-electron chi connectivity index (χ4n) is 2.61. The van der Waals surface area contributed by atoms with Gasteiger partial charge in [-0.25, -0.2) is 4.98 Å². The van der Waals surface area contributed by atoms with Gasteiger partial charge in [0.25, 0.3) is 0 Å². The molecule has 1 aromatic heterocycles. The Hall–Kier alpha value is -2.34. The molecule has 23 heavy (non-hydrogen) atoms. The Morgan fingerprint density at radius 3 is 2.87 bits per heavy atom. The van der Waals surface area contributed by atoms with Crippen LogP contribution in [0.15, 0.2) is 53.7 Å². The third-order valence-electron chi connectivity index (χ3n) is 3.61. The summed E-state index contributed by atoms with van der Waals surface area (Å²) in [5.74, 6) is 0.180. The molecule has 0 aliphatic carbocycles. The molecule has 2 amide bonds. The van der Waals surface area contributed by atoms with Crippen molar-refractivity contribution in [2.24, 2.45) is 0 Å². The number of nitrogens with one attached hydrogen (secondary N) is 1. The van der Waals surface area contributed by atoms with Crippen LogP contribution in [0.4, 0.5) is 11.4 Å². The first-order valence-corrected chi connectivity index (χ1v) is 8.38. The number of thioether (sulfide) groups is 1. The Balaban J connectivity index is 1.82. The topological polar surface area (TPSA) is 62.3 Å². The molecule has 1 aromatic carbocycles. The molecular weight excluding hydrogens is 310 g/mol. The quantitative estimate of drug-likeness (QED) is 0.881. The van der Waals surface area contributed by atoms with Gasteiger partial charge in [0.1, 0.15) is 0 Å². The molecular formula is C17H17N3O2S. The molecule has 0 fully saturated rings. The molecule has 6 heteroatoms. The SMILES string of the molecule is C[C@@H]1CC(=O)Nc2ccccc2N1C(=O)CSc1ccccn1. The van der Waals surface area contributed by atoms with Crippen molar-refractivity contribution in [2.75, 3.05) is 16.0 Å². The van der Waals surface area contributed by atoms with E-state index in [1.165, 1.54) is 11.8 Å². The van der Waals surface area contributed by atoms with Crippen LogP contribution in [0, 0.1) is 0 Å². The summed E-state index contributed by atoms with van der Waals surface area (Å²) in [4.78, 5) is 30.6. The van der Waals surface area contributed by atoms with Crippen LogP contribution in [0.1, 0.15) is 13.3 Å². The number of aromatic nitrogens is 1. The summed E-state index contributed by atoms with van der Waals surface area (Å²) in [6, 6.07) is 12.8. The number of benzene rings is 1. The summed E-state index contributed by atoms with van der Waals surface area (Å²) < 4.78 is 0. The number of para-hydroxylation sites is 2. The molecule has 2 heterocycles. The summed E-state index contributed by atoms with van der Waals surface area (Å²) in [5.41, 5.74) is 1.43. The summed E-state index contributed by atoms with van der Waals surface area (Å²) >= 11 is 1.40. The van der Waals surface area contributed by atoms with Crippen LogP contribution in [-0.2, 0) is 9.59 Å². The number of carbonyl (C=O) groups is 2. The van der Waals surface area contributed by atoms with Crippen molar-refractivity contribution in [3.8, 4) is 0 Å². The van der Waals surface area contributed by atoms with Crippen LogP contribution in [0.25, 0.3) is 0 Å². The van der Waals surface area contributed by atoms with Crippen molar-refractivity contribution in [3.63, 3.8) is 0 Å². The number of nitrogens with zero attached hydrogens (tertiary/aromatic N) is 2. The summed E-state index contributed by atoms with van der Waals surface area (Å²) in [5, 5.41) is 3.67. The maximum absolute atomic E-state index is 12.7. The Kier molecular flexibility index (Phi) is 4.62. The molecule has 0 saturated heterocycles. The Morgan fingerprint density at radius 2 is 2.09 bits per heavy atom. The minimum atomic E-state index is -0.185. The van der Waals surface area contributed by atoms with Gasteiger partial charge in [-0.15, -0.1) is 0 Å². The highest BCUT2D eigenvalue weighted by Crippen LogP contribution is 2.32. The van der Waals surface area contributed by atoms with Gasteiger partial charge in [-0.2, -0.15) is 0 Å². The fourth-order valence-corrected chi connectivity index (χ4v) is 3.33.